The van der Waals surface area contributed by atoms with Crippen molar-refractivity contribution >= 4 is 28.8 Å². The molecule has 0 saturated carbocycles. The molecule has 1 saturated heterocycles. The molecule has 7 heteroatoms. The number of halogens is 2. The summed E-state index contributed by atoms with van der Waals surface area (Å²) in [6, 6.07) is 4.91. The van der Waals surface area contributed by atoms with E-state index in [0.29, 0.717) is 12.8 Å². The number of hydrogen-bond donors (Lipinski definition) is 1. The molecule has 1 aromatic carbocycles. The van der Waals surface area contributed by atoms with Crippen LogP contribution < -0.4 is 5.32 Å². The Kier molecular flexibility index (Phi) is 4.95. The molecule has 0 unspecified atom stereocenters. The van der Waals surface area contributed by atoms with E-state index in [1.54, 1.807) is 0 Å². The fourth-order valence-corrected chi connectivity index (χ4v) is 4.93. The molecular weight excluding hydrogens is 370 g/mol. The summed E-state index contributed by atoms with van der Waals surface area (Å²) in [5.74, 6) is -1.81. The standard InChI is InChI=1S/C20H20F2N2O2S/c21-14-4-5-15(22)16(11-14)23-19(25)12-3-6-17-13(9-12)10-18(27-17)20(26)24-7-1-2-8-24/h4-5,10-12H,1-3,6-9H2,(H,23,25)/t12-/m0/s1. The van der Waals surface area contributed by atoms with Crippen LogP contribution in [0.3, 0.4) is 0 Å². The first-order chi connectivity index (χ1) is 13.0. The van der Waals surface area contributed by atoms with Gasteiger partial charge in [-0.1, -0.05) is 0 Å². The molecule has 0 bridgehead atoms. The number of carbonyl (C=O) groups excluding carboxylic acids is 2. The number of rotatable bonds is 3. The van der Waals surface area contributed by atoms with Crippen molar-refractivity contribution < 1.29 is 18.4 Å². The fraction of sp³-hybridized carbons (Fsp3) is 0.400. The van der Waals surface area contributed by atoms with Crippen molar-refractivity contribution in [2.45, 2.75) is 32.1 Å². The Labute approximate surface area is 160 Å². The highest BCUT2D eigenvalue weighted by molar-refractivity contribution is 7.14. The minimum Gasteiger partial charge on any atom is -0.338 e. The number of anilines is 1. The van der Waals surface area contributed by atoms with Gasteiger partial charge in [0.2, 0.25) is 5.91 Å². The van der Waals surface area contributed by atoms with E-state index >= 15 is 0 Å². The third-order valence-electron chi connectivity index (χ3n) is 5.24. The molecule has 2 heterocycles. The summed E-state index contributed by atoms with van der Waals surface area (Å²) in [7, 11) is 0. The van der Waals surface area contributed by atoms with E-state index in [0.717, 1.165) is 65.9 Å². The molecule has 1 atom stereocenters. The zero-order valence-electron chi connectivity index (χ0n) is 14.8. The number of hydrogen-bond acceptors (Lipinski definition) is 3. The molecule has 1 aliphatic carbocycles. The van der Waals surface area contributed by atoms with Gasteiger partial charge in [-0.25, -0.2) is 8.78 Å². The summed E-state index contributed by atoms with van der Waals surface area (Å²) < 4.78 is 27.0. The lowest BCUT2D eigenvalue weighted by atomic mass is 9.87. The number of thiophene rings is 1. The largest absolute Gasteiger partial charge is 0.338 e. The molecule has 1 aromatic heterocycles. The fourth-order valence-electron chi connectivity index (χ4n) is 3.76. The van der Waals surface area contributed by atoms with Gasteiger partial charge in [0.15, 0.2) is 0 Å². The van der Waals surface area contributed by atoms with Gasteiger partial charge in [0.05, 0.1) is 10.6 Å². The predicted molar refractivity (Wildman–Crippen MR) is 100.0 cm³/mol. The van der Waals surface area contributed by atoms with Crippen molar-refractivity contribution in [3.05, 3.63) is 51.2 Å². The summed E-state index contributed by atoms with van der Waals surface area (Å²) in [5, 5.41) is 2.50. The SMILES string of the molecule is O=C(Nc1cc(F)ccc1F)[C@H]1CCc2sc(C(=O)N3CCCC3)cc2C1. The third-order valence-corrected chi connectivity index (χ3v) is 6.47. The maximum atomic E-state index is 13.8. The van der Waals surface area contributed by atoms with E-state index in [-0.39, 0.29) is 23.4 Å². The number of benzene rings is 1. The van der Waals surface area contributed by atoms with Crippen LogP contribution in [0.15, 0.2) is 24.3 Å². The Balaban J connectivity index is 1.45. The summed E-state index contributed by atoms with van der Waals surface area (Å²) in [4.78, 5) is 28.9. The molecule has 4 rings (SSSR count). The van der Waals surface area contributed by atoms with Crippen LogP contribution in [0.25, 0.3) is 0 Å². The topological polar surface area (TPSA) is 49.4 Å². The first-order valence-corrected chi connectivity index (χ1v) is 9.99. The molecule has 1 N–H and O–H groups in total. The number of nitrogens with zero attached hydrogens (tertiary/aromatic N) is 1. The van der Waals surface area contributed by atoms with E-state index in [9.17, 15) is 18.4 Å². The predicted octanol–water partition coefficient (Wildman–Crippen LogP) is 4.01. The second kappa shape index (κ2) is 7.38. The van der Waals surface area contributed by atoms with Crippen LogP contribution in [0.5, 0.6) is 0 Å². The molecule has 27 heavy (non-hydrogen) atoms. The lowest BCUT2D eigenvalue weighted by molar-refractivity contribution is -0.120. The van der Waals surface area contributed by atoms with E-state index in [1.807, 2.05) is 11.0 Å². The van der Waals surface area contributed by atoms with Crippen molar-refractivity contribution in [2.75, 3.05) is 18.4 Å². The Bertz CT molecular complexity index is 890. The second-order valence-corrected chi connectivity index (χ2v) is 8.25. The van der Waals surface area contributed by atoms with Crippen LogP contribution in [-0.2, 0) is 17.6 Å². The normalized spacial score (nSPS) is 19.0. The quantitative estimate of drug-likeness (QED) is 0.861. The Morgan fingerprint density at radius 3 is 2.70 bits per heavy atom. The third kappa shape index (κ3) is 3.74. The smallest absolute Gasteiger partial charge is 0.263 e. The number of likely N-dealkylation sites (tertiary alicyclic amines) is 1. The molecule has 142 valence electrons. The van der Waals surface area contributed by atoms with Gasteiger partial charge < -0.3 is 10.2 Å². The Morgan fingerprint density at radius 2 is 1.93 bits per heavy atom. The highest BCUT2D eigenvalue weighted by Crippen LogP contribution is 2.34. The van der Waals surface area contributed by atoms with Gasteiger partial charge in [0, 0.05) is 30.0 Å². The number of nitrogens with one attached hydrogen (secondary N) is 1. The summed E-state index contributed by atoms with van der Waals surface area (Å²) >= 11 is 1.52. The van der Waals surface area contributed by atoms with Gasteiger partial charge in [-0.05, 0) is 55.9 Å². The van der Waals surface area contributed by atoms with Crippen LogP contribution >= 0.6 is 11.3 Å². The van der Waals surface area contributed by atoms with Gasteiger partial charge in [-0.3, -0.25) is 9.59 Å². The lowest BCUT2D eigenvalue weighted by Crippen LogP contribution is -2.28. The zero-order valence-corrected chi connectivity index (χ0v) is 15.6. The molecule has 1 aliphatic heterocycles. The minimum absolute atomic E-state index is 0.0785. The summed E-state index contributed by atoms with van der Waals surface area (Å²) in [5.41, 5.74) is 0.884. The summed E-state index contributed by atoms with van der Waals surface area (Å²) in [6.45, 7) is 1.62. The van der Waals surface area contributed by atoms with Crippen LogP contribution in [0.4, 0.5) is 14.5 Å². The second-order valence-electron chi connectivity index (χ2n) is 7.11. The van der Waals surface area contributed by atoms with Gasteiger partial charge >= 0.3 is 0 Å². The van der Waals surface area contributed by atoms with Gasteiger partial charge in [0.25, 0.3) is 5.91 Å². The average Bonchev–Trinajstić information content (AvgIpc) is 3.32. The molecule has 1 fully saturated rings. The van der Waals surface area contributed by atoms with Crippen LogP contribution in [0.1, 0.15) is 39.4 Å². The first-order valence-electron chi connectivity index (χ1n) is 9.18. The number of aryl methyl sites for hydroxylation is 1. The van der Waals surface area contributed by atoms with Crippen LogP contribution in [-0.4, -0.2) is 29.8 Å². The molecular formula is C20H20F2N2O2S. The van der Waals surface area contributed by atoms with Crippen molar-refractivity contribution in [1.82, 2.24) is 4.90 Å². The highest BCUT2D eigenvalue weighted by atomic mass is 32.1. The van der Waals surface area contributed by atoms with E-state index in [4.69, 9.17) is 0 Å². The number of carbonyl (C=O) groups is 2. The Morgan fingerprint density at radius 1 is 1.15 bits per heavy atom. The van der Waals surface area contributed by atoms with E-state index < -0.39 is 11.6 Å². The number of amides is 2. The van der Waals surface area contributed by atoms with Gasteiger partial charge in [0.1, 0.15) is 11.6 Å². The molecule has 4 nitrogen and oxygen atoms in total. The van der Waals surface area contributed by atoms with Crippen LogP contribution in [0, 0.1) is 17.6 Å². The zero-order chi connectivity index (χ0) is 19.0. The molecule has 2 amide bonds. The molecule has 0 spiro atoms. The monoisotopic (exact) mass is 390 g/mol. The van der Waals surface area contributed by atoms with Crippen LogP contribution in [0.2, 0.25) is 0 Å². The lowest BCUT2D eigenvalue weighted by Gasteiger charge is -2.21. The summed E-state index contributed by atoms with van der Waals surface area (Å²) in [6.07, 6.45) is 3.97. The minimum atomic E-state index is -0.657. The average molecular weight is 390 g/mol. The molecule has 2 aliphatic rings. The first kappa shape index (κ1) is 18.1. The highest BCUT2D eigenvalue weighted by Gasteiger charge is 2.29. The molecule has 2 aromatic rings. The van der Waals surface area contributed by atoms with Crippen molar-refractivity contribution in [2.24, 2.45) is 5.92 Å². The van der Waals surface area contributed by atoms with E-state index in [2.05, 4.69) is 5.32 Å². The van der Waals surface area contributed by atoms with Crippen molar-refractivity contribution in [3.8, 4) is 0 Å². The van der Waals surface area contributed by atoms with Crippen molar-refractivity contribution in [1.29, 1.82) is 0 Å². The van der Waals surface area contributed by atoms with Crippen molar-refractivity contribution in [3.63, 3.8) is 0 Å². The maximum absolute atomic E-state index is 13.8. The van der Waals surface area contributed by atoms with Gasteiger partial charge in [-0.2, -0.15) is 0 Å². The Hall–Kier alpha value is -2.28. The molecule has 0 radical (unpaired) electrons. The van der Waals surface area contributed by atoms with Gasteiger partial charge in [-0.15, -0.1) is 11.3 Å². The van der Waals surface area contributed by atoms with E-state index in [1.165, 1.54) is 11.3 Å². The maximum Gasteiger partial charge on any atom is 0.263 e. The number of fused-ring (bicyclic) bond motifs is 1.